The Bertz CT molecular complexity index is 449. The number of hydrogen-bond acceptors (Lipinski definition) is 2. The van der Waals surface area contributed by atoms with E-state index < -0.39 is 5.97 Å². The Morgan fingerprint density at radius 1 is 1.44 bits per heavy atom. The normalized spacial score (nSPS) is 17.9. The van der Waals surface area contributed by atoms with E-state index in [1.807, 2.05) is 6.07 Å². The Morgan fingerprint density at radius 2 is 2.12 bits per heavy atom. The molecule has 0 radical (unpaired) electrons. The SMILES string of the molecule is Cc1ccc(C(=O)O)c2c1C(C)(C)CCS2. The van der Waals surface area contributed by atoms with Gasteiger partial charge in [0.15, 0.2) is 0 Å². The fourth-order valence-electron chi connectivity index (χ4n) is 2.37. The first kappa shape index (κ1) is 11.5. The maximum atomic E-state index is 11.2. The van der Waals surface area contributed by atoms with Gasteiger partial charge in [-0.1, -0.05) is 19.9 Å². The third-order valence-electron chi connectivity index (χ3n) is 3.25. The molecule has 1 aliphatic heterocycles. The summed E-state index contributed by atoms with van der Waals surface area (Å²) in [5.41, 5.74) is 2.98. The van der Waals surface area contributed by atoms with E-state index in [0.29, 0.717) is 5.56 Å². The van der Waals surface area contributed by atoms with Crippen LogP contribution in [-0.4, -0.2) is 16.8 Å². The van der Waals surface area contributed by atoms with Crippen molar-refractivity contribution in [3.05, 3.63) is 28.8 Å². The molecule has 1 aromatic rings. The second-order valence-electron chi connectivity index (χ2n) is 4.92. The van der Waals surface area contributed by atoms with Crippen LogP contribution in [0.1, 0.15) is 41.8 Å². The standard InChI is InChI=1S/C13H16O2S/c1-8-4-5-9(12(14)15)11-10(8)13(2,3)6-7-16-11/h4-5H,6-7H2,1-3H3,(H,14,15). The predicted octanol–water partition coefficient (Wildman–Crippen LogP) is 3.47. The summed E-state index contributed by atoms with van der Waals surface area (Å²) in [4.78, 5) is 12.2. The lowest BCUT2D eigenvalue weighted by atomic mass is 9.78. The largest absolute Gasteiger partial charge is 0.478 e. The molecule has 0 amide bonds. The maximum Gasteiger partial charge on any atom is 0.336 e. The van der Waals surface area contributed by atoms with E-state index in [-0.39, 0.29) is 5.41 Å². The van der Waals surface area contributed by atoms with E-state index in [1.54, 1.807) is 17.8 Å². The van der Waals surface area contributed by atoms with Gasteiger partial charge in [0.2, 0.25) is 0 Å². The summed E-state index contributed by atoms with van der Waals surface area (Å²) in [6, 6.07) is 3.65. The van der Waals surface area contributed by atoms with Crippen molar-refractivity contribution in [1.82, 2.24) is 0 Å². The van der Waals surface area contributed by atoms with Gasteiger partial charge >= 0.3 is 5.97 Å². The first-order valence-electron chi connectivity index (χ1n) is 5.43. The molecule has 0 unspecified atom stereocenters. The van der Waals surface area contributed by atoms with Crippen LogP contribution in [0.15, 0.2) is 17.0 Å². The highest BCUT2D eigenvalue weighted by Gasteiger charge is 2.32. The third-order valence-corrected chi connectivity index (χ3v) is 4.37. The number of carboxylic acid groups (broad SMARTS) is 1. The average Bonchev–Trinajstić information content (AvgIpc) is 2.16. The first-order chi connectivity index (χ1) is 7.43. The van der Waals surface area contributed by atoms with Gasteiger partial charge in [-0.2, -0.15) is 0 Å². The van der Waals surface area contributed by atoms with Crippen molar-refractivity contribution in [3.63, 3.8) is 0 Å². The van der Waals surface area contributed by atoms with Crippen LogP contribution < -0.4 is 0 Å². The number of aryl methyl sites for hydroxylation is 1. The zero-order chi connectivity index (χ0) is 11.9. The molecule has 1 aromatic carbocycles. The Kier molecular flexibility index (Phi) is 2.74. The van der Waals surface area contributed by atoms with Gasteiger partial charge in [-0.05, 0) is 41.7 Å². The number of benzene rings is 1. The van der Waals surface area contributed by atoms with Gasteiger partial charge in [0.25, 0.3) is 0 Å². The molecule has 0 aromatic heterocycles. The lowest BCUT2D eigenvalue weighted by Crippen LogP contribution is -2.25. The van der Waals surface area contributed by atoms with E-state index in [4.69, 9.17) is 0 Å². The van der Waals surface area contributed by atoms with E-state index >= 15 is 0 Å². The summed E-state index contributed by atoms with van der Waals surface area (Å²) in [5.74, 6) is 0.186. The summed E-state index contributed by atoms with van der Waals surface area (Å²) >= 11 is 1.68. The van der Waals surface area contributed by atoms with Crippen LogP contribution in [0.2, 0.25) is 0 Å². The molecule has 0 fully saturated rings. The zero-order valence-corrected chi connectivity index (χ0v) is 10.6. The van der Waals surface area contributed by atoms with Gasteiger partial charge in [0.1, 0.15) is 0 Å². The quantitative estimate of drug-likeness (QED) is 0.811. The highest BCUT2D eigenvalue weighted by Crippen LogP contribution is 2.44. The molecule has 1 aliphatic rings. The Labute approximate surface area is 100 Å². The summed E-state index contributed by atoms with van der Waals surface area (Å²) in [6.45, 7) is 6.46. The molecular formula is C13H16O2S. The van der Waals surface area contributed by atoms with Crippen LogP contribution in [0, 0.1) is 6.92 Å². The van der Waals surface area contributed by atoms with E-state index in [9.17, 15) is 9.90 Å². The van der Waals surface area contributed by atoms with Crippen molar-refractivity contribution in [2.24, 2.45) is 0 Å². The number of rotatable bonds is 1. The minimum absolute atomic E-state index is 0.0934. The second-order valence-corrected chi connectivity index (χ2v) is 6.03. The molecule has 0 atom stereocenters. The third kappa shape index (κ3) is 1.73. The molecule has 0 aliphatic carbocycles. The Morgan fingerprint density at radius 3 is 2.75 bits per heavy atom. The lowest BCUT2D eigenvalue weighted by Gasteiger charge is -2.34. The molecule has 86 valence electrons. The van der Waals surface area contributed by atoms with Crippen molar-refractivity contribution in [1.29, 1.82) is 0 Å². The van der Waals surface area contributed by atoms with Crippen LogP contribution in [0.25, 0.3) is 0 Å². The van der Waals surface area contributed by atoms with Crippen molar-refractivity contribution in [2.45, 2.75) is 37.5 Å². The predicted molar refractivity (Wildman–Crippen MR) is 66.5 cm³/mol. The molecule has 0 saturated heterocycles. The molecule has 0 spiro atoms. The van der Waals surface area contributed by atoms with Crippen LogP contribution in [0.4, 0.5) is 0 Å². The molecule has 2 nitrogen and oxygen atoms in total. The van der Waals surface area contributed by atoms with Crippen LogP contribution in [-0.2, 0) is 5.41 Å². The summed E-state index contributed by atoms with van der Waals surface area (Å²) in [7, 11) is 0. The van der Waals surface area contributed by atoms with Crippen LogP contribution in [0.3, 0.4) is 0 Å². The monoisotopic (exact) mass is 236 g/mol. The fraction of sp³-hybridized carbons (Fsp3) is 0.462. The minimum Gasteiger partial charge on any atom is -0.478 e. The van der Waals surface area contributed by atoms with Gasteiger partial charge in [-0.25, -0.2) is 4.79 Å². The highest BCUT2D eigenvalue weighted by atomic mass is 32.2. The minimum atomic E-state index is -0.818. The van der Waals surface area contributed by atoms with Crippen LogP contribution >= 0.6 is 11.8 Å². The number of fused-ring (bicyclic) bond motifs is 1. The number of carboxylic acids is 1. The molecule has 1 heterocycles. The maximum absolute atomic E-state index is 11.2. The van der Waals surface area contributed by atoms with Gasteiger partial charge in [0, 0.05) is 4.90 Å². The number of hydrogen-bond donors (Lipinski definition) is 1. The van der Waals surface area contributed by atoms with Gasteiger partial charge in [-0.3, -0.25) is 0 Å². The molecule has 3 heteroatoms. The van der Waals surface area contributed by atoms with Crippen molar-refractivity contribution in [3.8, 4) is 0 Å². The Balaban J connectivity index is 2.70. The van der Waals surface area contributed by atoms with Crippen molar-refractivity contribution >= 4 is 17.7 Å². The Hall–Kier alpha value is -0.960. The molecule has 16 heavy (non-hydrogen) atoms. The highest BCUT2D eigenvalue weighted by molar-refractivity contribution is 7.99. The van der Waals surface area contributed by atoms with Crippen molar-refractivity contribution < 1.29 is 9.90 Å². The van der Waals surface area contributed by atoms with Gasteiger partial charge in [0.05, 0.1) is 5.56 Å². The summed E-state index contributed by atoms with van der Waals surface area (Å²) in [5, 5.41) is 9.19. The first-order valence-corrected chi connectivity index (χ1v) is 6.42. The topological polar surface area (TPSA) is 37.3 Å². The molecule has 2 rings (SSSR count). The fourth-order valence-corrected chi connectivity index (χ4v) is 4.08. The number of aromatic carboxylic acids is 1. The smallest absolute Gasteiger partial charge is 0.336 e. The molecule has 0 saturated carbocycles. The van der Waals surface area contributed by atoms with E-state index in [1.165, 1.54) is 11.1 Å². The lowest BCUT2D eigenvalue weighted by molar-refractivity contribution is 0.0692. The second kappa shape index (κ2) is 3.81. The van der Waals surface area contributed by atoms with Crippen LogP contribution in [0.5, 0.6) is 0 Å². The zero-order valence-electron chi connectivity index (χ0n) is 9.83. The van der Waals surface area contributed by atoms with Gasteiger partial charge < -0.3 is 5.11 Å². The molecular weight excluding hydrogens is 220 g/mol. The number of carbonyl (C=O) groups is 1. The average molecular weight is 236 g/mol. The molecule has 0 bridgehead atoms. The molecule has 1 N–H and O–H groups in total. The van der Waals surface area contributed by atoms with Crippen molar-refractivity contribution in [2.75, 3.05) is 5.75 Å². The van der Waals surface area contributed by atoms with Gasteiger partial charge in [-0.15, -0.1) is 11.8 Å². The van der Waals surface area contributed by atoms with E-state index in [2.05, 4.69) is 20.8 Å². The summed E-state index contributed by atoms with van der Waals surface area (Å²) < 4.78 is 0. The number of thioether (sulfide) groups is 1. The van der Waals surface area contributed by atoms with E-state index in [0.717, 1.165) is 17.1 Å². The summed E-state index contributed by atoms with van der Waals surface area (Å²) in [6.07, 6.45) is 1.11.